The number of likely N-dealkylation sites (tertiary alicyclic amines) is 1. The van der Waals surface area contributed by atoms with Crippen LogP contribution in [0.15, 0.2) is 30.3 Å². The molecule has 0 radical (unpaired) electrons. The molecule has 1 aromatic heterocycles. The molecule has 128 valence electrons. The van der Waals surface area contributed by atoms with Crippen molar-refractivity contribution in [3.63, 3.8) is 0 Å². The van der Waals surface area contributed by atoms with E-state index in [2.05, 4.69) is 28.3 Å². The lowest BCUT2D eigenvalue weighted by atomic mass is 10.1. The Balaban J connectivity index is 1.51. The first-order valence-electron chi connectivity index (χ1n) is 8.72. The summed E-state index contributed by atoms with van der Waals surface area (Å²) in [5, 5.41) is 7.48. The average molecular weight is 326 g/mol. The number of nitrogens with zero attached hydrogens (tertiary/aromatic N) is 3. The molecule has 0 aliphatic carbocycles. The van der Waals surface area contributed by atoms with Crippen LogP contribution in [0.1, 0.15) is 40.2 Å². The van der Waals surface area contributed by atoms with Crippen LogP contribution in [0.4, 0.5) is 0 Å². The number of hydrogen-bond donors (Lipinski definition) is 1. The Bertz CT molecular complexity index is 684. The third-order valence-electron chi connectivity index (χ3n) is 4.56. The van der Waals surface area contributed by atoms with Gasteiger partial charge in [0, 0.05) is 24.3 Å². The third-order valence-corrected chi connectivity index (χ3v) is 4.56. The maximum absolute atomic E-state index is 12.2. The summed E-state index contributed by atoms with van der Waals surface area (Å²) < 4.78 is 1.99. The van der Waals surface area contributed by atoms with Gasteiger partial charge in [-0.05, 0) is 63.5 Å². The average Bonchev–Trinajstić information content (AvgIpc) is 3.18. The second-order valence-corrected chi connectivity index (χ2v) is 6.59. The van der Waals surface area contributed by atoms with Crippen molar-refractivity contribution in [2.75, 3.05) is 26.2 Å². The van der Waals surface area contributed by atoms with Gasteiger partial charge in [-0.3, -0.25) is 9.48 Å². The minimum atomic E-state index is 0.00635. The highest BCUT2D eigenvalue weighted by Gasteiger charge is 2.11. The molecule has 1 saturated heterocycles. The fourth-order valence-electron chi connectivity index (χ4n) is 3.21. The van der Waals surface area contributed by atoms with Crippen molar-refractivity contribution in [3.05, 3.63) is 52.8 Å². The summed E-state index contributed by atoms with van der Waals surface area (Å²) >= 11 is 0. The molecule has 1 N–H and O–H groups in total. The first kappa shape index (κ1) is 16.7. The van der Waals surface area contributed by atoms with E-state index in [-0.39, 0.29) is 5.91 Å². The highest BCUT2D eigenvalue weighted by atomic mass is 16.1. The minimum absolute atomic E-state index is 0.00635. The summed E-state index contributed by atoms with van der Waals surface area (Å²) in [5.41, 5.74) is 4.04. The van der Waals surface area contributed by atoms with Gasteiger partial charge in [0.15, 0.2) is 0 Å². The van der Waals surface area contributed by atoms with E-state index in [1.807, 2.05) is 35.9 Å². The van der Waals surface area contributed by atoms with Gasteiger partial charge in [-0.15, -0.1) is 0 Å². The van der Waals surface area contributed by atoms with Crippen LogP contribution < -0.4 is 5.32 Å². The topological polar surface area (TPSA) is 50.2 Å². The zero-order valence-corrected chi connectivity index (χ0v) is 14.6. The lowest BCUT2D eigenvalue weighted by Crippen LogP contribution is -2.33. The van der Waals surface area contributed by atoms with E-state index < -0.39 is 0 Å². The fraction of sp³-hybridized carbons (Fsp3) is 0.474. The Labute approximate surface area is 143 Å². The summed E-state index contributed by atoms with van der Waals surface area (Å²) in [6.07, 6.45) is 2.56. The highest BCUT2D eigenvalue weighted by Crippen LogP contribution is 2.10. The van der Waals surface area contributed by atoms with Gasteiger partial charge in [0.05, 0.1) is 12.2 Å². The second kappa shape index (κ2) is 7.62. The lowest BCUT2D eigenvalue weighted by Gasteiger charge is -2.14. The Kier molecular flexibility index (Phi) is 5.30. The molecular weight excluding hydrogens is 300 g/mol. The SMILES string of the molecule is Cc1cc(C)n(Cc2ccc(C(=O)NCCN3CCCC3)cc2)n1. The summed E-state index contributed by atoms with van der Waals surface area (Å²) in [5.74, 6) is 0.00635. The third kappa shape index (κ3) is 4.23. The molecule has 1 aliphatic heterocycles. The van der Waals surface area contributed by atoms with Crippen molar-refractivity contribution in [3.8, 4) is 0 Å². The van der Waals surface area contributed by atoms with Crippen molar-refractivity contribution in [2.24, 2.45) is 0 Å². The Morgan fingerprint density at radius 2 is 1.88 bits per heavy atom. The molecule has 1 aromatic carbocycles. The predicted octanol–water partition coefficient (Wildman–Crippen LogP) is 2.37. The van der Waals surface area contributed by atoms with E-state index in [1.54, 1.807) is 0 Å². The largest absolute Gasteiger partial charge is 0.351 e. The molecule has 24 heavy (non-hydrogen) atoms. The number of hydrogen-bond acceptors (Lipinski definition) is 3. The van der Waals surface area contributed by atoms with Crippen LogP contribution in [0.3, 0.4) is 0 Å². The van der Waals surface area contributed by atoms with Gasteiger partial charge in [-0.25, -0.2) is 0 Å². The van der Waals surface area contributed by atoms with Crippen molar-refractivity contribution in [1.29, 1.82) is 0 Å². The molecule has 1 aliphatic rings. The number of aromatic nitrogens is 2. The van der Waals surface area contributed by atoms with Crippen LogP contribution in [-0.2, 0) is 6.54 Å². The summed E-state index contributed by atoms with van der Waals surface area (Å²) in [6, 6.07) is 9.87. The second-order valence-electron chi connectivity index (χ2n) is 6.59. The number of amides is 1. The van der Waals surface area contributed by atoms with E-state index >= 15 is 0 Å². The first-order valence-corrected chi connectivity index (χ1v) is 8.72. The molecule has 1 fully saturated rings. The lowest BCUT2D eigenvalue weighted by molar-refractivity contribution is 0.0949. The normalized spacial score (nSPS) is 14.9. The van der Waals surface area contributed by atoms with E-state index in [0.717, 1.165) is 43.1 Å². The number of rotatable bonds is 6. The number of carbonyl (C=O) groups is 1. The van der Waals surface area contributed by atoms with Gasteiger partial charge >= 0.3 is 0 Å². The van der Waals surface area contributed by atoms with Crippen LogP contribution in [0.25, 0.3) is 0 Å². The van der Waals surface area contributed by atoms with Crippen LogP contribution >= 0.6 is 0 Å². The van der Waals surface area contributed by atoms with Gasteiger partial charge in [-0.2, -0.15) is 5.10 Å². The van der Waals surface area contributed by atoms with Crippen LogP contribution in [0.5, 0.6) is 0 Å². The Morgan fingerprint density at radius 3 is 2.50 bits per heavy atom. The van der Waals surface area contributed by atoms with Crippen molar-refractivity contribution in [1.82, 2.24) is 20.0 Å². The van der Waals surface area contributed by atoms with Gasteiger partial charge in [0.2, 0.25) is 0 Å². The van der Waals surface area contributed by atoms with E-state index in [0.29, 0.717) is 12.1 Å². The fourth-order valence-corrected chi connectivity index (χ4v) is 3.21. The Hall–Kier alpha value is -2.14. The summed E-state index contributed by atoms with van der Waals surface area (Å²) in [6.45, 7) is 8.78. The molecule has 5 nitrogen and oxygen atoms in total. The van der Waals surface area contributed by atoms with Gasteiger partial charge in [0.1, 0.15) is 0 Å². The maximum Gasteiger partial charge on any atom is 0.251 e. The Morgan fingerprint density at radius 1 is 1.17 bits per heavy atom. The summed E-state index contributed by atoms with van der Waals surface area (Å²) in [4.78, 5) is 14.6. The molecule has 0 spiro atoms. The molecule has 0 atom stereocenters. The highest BCUT2D eigenvalue weighted by molar-refractivity contribution is 5.94. The van der Waals surface area contributed by atoms with Gasteiger partial charge < -0.3 is 10.2 Å². The van der Waals surface area contributed by atoms with Gasteiger partial charge in [-0.1, -0.05) is 12.1 Å². The first-order chi connectivity index (χ1) is 11.6. The van der Waals surface area contributed by atoms with Crippen molar-refractivity contribution >= 4 is 5.91 Å². The molecule has 5 heteroatoms. The quantitative estimate of drug-likeness (QED) is 0.887. The van der Waals surface area contributed by atoms with E-state index in [4.69, 9.17) is 0 Å². The molecular formula is C19H26N4O. The molecule has 0 bridgehead atoms. The minimum Gasteiger partial charge on any atom is -0.351 e. The van der Waals surface area contributed by atoms with Gasteiger partial charge in [0.25, 0.3) is 5.91 Å². The summed E-state index contributed by atoms with van der Waals surface area (Å²) in [7, 11) is 0. The van der Waals surface area contributed by atoms with Crippen molar-refractivity contribution < 1.29 is 4.79 Å². The maximum atomic E-state index is 12.2. The standard InChI is InChI=1S/C19H26N4O/c1-15-13-16(2)23(21-15)14-17-5-7-18(8-6-17)19(24)20-9-12-22-10-3-4-11-22/h5-8,13H,3-4,9-12,14H2,1-2H3,(H,20,24). The number of benzene rings is 1. The molecule has 3 rings (SSSR count). The molecule has 0 saturated carbocycles. The van der Waals surface area contributed by atoms with Crippen LogP contribution in [0.2, 0.25) is 0 Å². The van der Waals surface area contributed by atoms with Crippen molar-refractivity contribution in [2.45, 2.75) is 33.2 Å². The van der Waals surface area contributed by atoms with E-state index in [1.165, 1.54) is 12.8 Å². The zero-order valence-electron chi connectivity index (χ0n) is 14.6. The van der Waals surface area contributed by atoms with Crippen LogP contribution in [0, 0.1) is 13.8 Å². The monoisotopic (exact) mass is 326 g/mol. The molecule has 0 unspecified atom stereocenters. The number of nitrogens with one attached hydrogen (secondary N) is 1. The molecule has 2 aromatic rings. The van der Waals surface area contributed by atoms with E-state index in [9.17, 15) is 4.79 Å². The number of carbonyl (C=O) groups excluding carboxylic acids is 1. The van der Waals surface area contributed by atoms with Crippen LogP contribution in [-0.4, -0.2) is 46.8 Å². The molecule has 1 amide bonds. The predicted molar refractivity (Wildman–Crippen MR) is 95.3 cm³/mol. The number of aryl methyl sites for hydroxylation is 2. The molecule has 2 heterocycles. The zero-order chi connectivity index (χ0) is 16.9. The smallest absolute Gasteiger partial charge is 0.251 e.